The van der Waals surface area contributed by atoms with Crippen LogP contribution in [-0.2, 0) is 16.6 Å². The average molecular weight is 343 g/mol. The van der Waals surface area contributed by atoms with E-state index in [4.69, 9.17) is 5.73 Å². The van der Waals surface area contributed by atoms with Gasteiger partial charge < -0.3 is 5.73 Å². The fourth-order valence-corrected chi connectivity index (χ4v) is 4.65. The van der Waals surface area contributed by atoms with E-state index in [1.54, 1.807) is 18.3 Å². The average Bonchev–Trinajstić information content (AvgIpc) is 2.85. The summed E-state index contributed by atoms with van der Waals surface area (Å²) in [7, 11) is -3.28. The Hall–Kier alpha value is -1.09. The van der Waals surface area contributed by atoms with E-state index in [2.05, 4.69) is 9.71 Å². The Morgan fingerprint density at radius 2 is 2.05 bits per heavy atom. The molecule has 0 saturated carbocycles. The predicted octanol–water partition coefficient (Wildman–Crippen LogP) is 2.25. The van der Waals surface area contributed by atoms with Crippen LogP contribution in [0.15, 0.2) is 35.4 Å². The molecular formula is C13H17N3O2S3. The number of nitrogen functional groups attached to an aromatic ring is 1. The molecule has 2 rings (SSSR count). The maximum Gasteiger partial charge on any atom is 0.212 e. The van der Waals surface area contributed by atoms with E-state index in [9.17, 15) is 8.42 Å². The second-order valence-corrected chi connectivity index (χ2v) is 8.84. The molecule has 5 nitrogen and oxygen atoms in total. The summed E-state index contributed by atoms with van der Waals surface area (Å²) in [6.45, 7) is 2.20. The van der Waals surface area contributed by atoms with Gasteiger partial charge in [0.15, 0.2) is 0 Å². The third-order valence-corrected chi connectivity index (χ3v) is 6.12. The highest BCUT2D eigenvalue weighted by Crippen LogP contribution is 2.19. The number of benzene rings is 1. The van der Waals surface area contributed by atoms with E-state index >= 15 is 0 Å². The monoisotopic (exact) mass is 343 g/mol. The number of thioether (sulfide) groups is 1. The van der Waals surface area contributed by atoms with Gasteiger partial charge in [-0.3, -0.25) is 0 Å². The fourth-order valence-electron chi connectivity index (χ4n) is 1.56. The first-order valence-corrected chi connectivity index (χ1v) is 9.77. The Kier molecular flexibility index (Phi) is 5.63. The second-order valence-electron chi connectivity index (χ2n) is 4.42. The minimum Gasteiger partial charge on any atom is -0.399 e. The quantitative estimate of drug-likeness (QED) is 0.595. The molecule has 0 saturated heterocycles. The molecule has 0 aliphatic heterocycles. The van der Waals surface area contributed by atoms with Gasteiger partial charge in [0, 0.05) is 27.4 Å². The third-order valence-electron chi connectivity index (χ3n) is 2.61. The summed E-state index contributed by atoms with van der Waals surface area (Å²) >= 11 is 2.99. The van der Waals surface area contributed by atoms with Gasteiger partial charge in [-0.25, -0.2) is 18.1 Å². The Balaban J connectivity index is 1.77. The maximum atomic E-state index is 11.9. The Labute approximate surface area is 133 Å². The van der Waals surface area contributed by atoms with Crippen LogP contribution in [0.25, 0.3) is 0 Å². The smallest absolute Gasteiger partial charge is 0.212 e. The van der Waals surface area contributed by atoms with Crippen molar-refractivity contribution in [1.29, 1.82) is 0 Å². The van der Waals surface area contributed by atoms with Gasteiger partial charge in [0.1, 0.15) is 5.01 Å². The molecular weight excluding hydrogens is 326 g/mol. The van der Waals surface area contributed by atoms with Crippen LogP contribution in [0.3, 0.4) is 0 Å². The van der Waals surface area contributed by atoms with Crippen LogP contribution in [0.1, 0.15) is 9.88 Å². The van der Waals surface area contributed by atoms with E-state index in [1.807, 2.05) is 19.1 Å². The Morgan fingerprint density at radius 3 is 2.67 bits per heavy atom. The molecule has 0 spiro atoms. The Bertz CT molecular complexity index is 681. The van der Waals surface area contributed by atoms with Gasteiger partial charge in [0.25, 0.3) is 0 Å². The van der Waals surface area contributed by atoms with Crippen LogP contribution < -0.4 is 10.5 Å². The zero-order valence-corrected chi connectivity index (χ0v) is 14.0. The topological polar surface area (TPSA) is 85.1 Å². The molecule has 21 heavy (non-hydrogen) atoms. The largest absolute Gasteiger partial charge is 0.399 e. The molecule has 0 radical (unpaired) electrons. The molecule has 0 fully saturated rings. The highest BCUT2D eigenvalue weighted by Gasteiger charge is 2.11. The predicted molar refractivity (Wildman–Crippen MR) is 89.1 cm³/mol. The number of hydrogen-bond acceptors (Lipinski definition) is 6. The summed E-state index contributed by atoms with van der Waals surface area (Å²) in [4.78, 5) is 6.21. The van der Waals surface area contributed by atoms with Crippen molar-refractivity contribution in [1.82, 2.24) is 9.71 Å². The normalized spacial score (nSPS) is 11.7. The number of nitrogens with one attached hydrogen (secondary N) is 1. The summed E-state index contributed by atoms with van der Waals surface area (Å²) in [6.07, 6.45) is 1.74. The number of anilines is 1. The standard InChI is InChI=1S/C13H17N3O2S3/c1-10-8-15-13(20-10)9-16-21(17,18)7-6-19-12-4-2-11(14)3-5-12/h2-5,8,16H,6-7,9,14H2,1H3. The first-order valence-electron chi connectivity index (χ1n) is 6.31. The van der Waals surface area contributed by atoms with E-state index in [0.717, 1.165) is 14.8 Å². The highest BCUT2D eigenvalue weighted by atomic mass is 32.2. The first kappa shape index (κ1) is 16.3. The maximum absolute atomic E-state index is 11.9. The van der Waals surface area contributed by atoms with Gasteiger partial charge in [0.05, 0.1) is 12.3 Å². The van der Waals surface area contributed by atoms with E-state index < -0.39 is 10.0 Å². The van der Waals surface area contributed by atoms with E-state index in [0.29, 0.717) is 11.4 Å². The van der Waals surface area contributed by atoms with E-state index in [-0.39, 0.29) is 12.3 Å². The SMILES string of the molecule is Cc1cnc(CNS(=O)(=O)CCSc2ccc(N)cc2)s1. The lowest BCUT2D eigenvalue weighted by atomic mass is 10.3. The van der Waals surface area contributed by atoms with Crippen molar-refractivity contribution in [3.63, 3.8) is 0 Å². The van der Waals surface area contributed by atoms with Gasteiger partial charge in [-0.05, 0) is 31.2 Å². The lowest BCUT2D eigenvalue weighted by Gasteiger charge is -2.05. The molecule has 0 atom stereocenters. The summed E-state index contributed by atoms with van der Waals surface area (Å²) < 4.78 is 26.3. The molecule has 0 aliphatic rings. The second kappa shape index (κ2) is 7.26. The summed E-state index contributed by atoms with van der Waals surface area (Å²) in [6, 6.07) is 7.39. The van der Waals surface area contributed by atoms with Crippen LogP contribution in [0.2, 0.25) is 0 Å². The van der Waals surface area contributed by atoms with Crippen molar-refractivity contribution < 1.29 is 8.42 Å². The molecule has 0 unspecified atom stereocenters. The van der Waals surface area contributed by atoms with Crippen molar-refractivity contribution in [2.45, 2.75) is 18.4 Å². The minimum absolute atomic E-state index is 0.0758. The summed E-state index contributed by atoms with van der Waals surface area (Å²) in [5.41, 5.74) is 6.30. The van der Waals surface area contributed by atoms with E-state index in [1.165, 1.54) is 23.1 Å². The number of nitrogens with zero attached hydrogens (tertiary/aromatic N) is 1. The third kappa shape index (κ3) is 5.66. The number of nitrogens with two attached hydrogens (primary N) is 1. The van der Waals surface area contributed by atoms with Crippen LogP contribution in [-0.4, -0.2) is 24.9 Å². The number of hydrogen-bond donors (Lipinski definition) is 2. The molecule has 1 aromatic carbocycles. The molecule has 0 aliphatic carbocycles. The molecule has 1 aromatic heterocycles. The number of thiazole rings is 1. The highest BCUT2D eigenvalue weighted by molar-refractivity contribution is 8.00. The van der Waals surface area contributed by atoms with Crippen LogP contribution >= 0.6 is 23.1 Å². The molecule has 0 bridgehead atoms. The summed E-state index contributed by atoms with van der Waals surface area (Å²) in [5.74, 6) is 0.572. The van der Waals surface area contributed by atoms with Crippen molar-refractivity contribution in [3.05, 3.63) is 40.3 Å². The van der Waals surface area contributed by atoms with Crippen molar-refractivity contribution in [2.24, 2.45) is 0 Å². The van der Waals surface area contributed by atoms with Gasteiger partial charge in [0.2, 0.25) is 10.0 Å². The van der Waals surface area contributed by atoms with Gasteiger partial charge in [-0.15, -0.1) is 23.1 Å². The zero-order valence-electron chi connectivity index (χ0n) is 11.6. The first-order chi connectivity index (χ1) is 9.94. The molecule has 1 heterocycles. The van der Waals surface area contributed by atoms with Crippen molar-refractivity contribution >= 4 is 38.8 Å². The molecule has 0 amide bonds. The van der Waals surface area contributed by atoms with Crippen molar-refractivity contribution in [3.8, 4) is 0 Å². The Morgan fingerprint density at radius 1 is 1.33 bits per heavy atom. The van der Waals surface area contributed by atoms with Crippen LogP contribution in [0.4, 0.5) is 5.69 Å². The van der Waals surface area contributed by atoms with Crippen LogP contribution in [0, 0.1) is 6.92 Å². The number of aromatic nitrogens is 1. The lowest BCUT2D eigenvalue weighted by molar-refractivity contribution is 0.583. The van der Waals surface area contributed by atoms with Crippen LogP contribution in [0.5, 0.6) is 0 Å². The lowest BCUT2D eigenvalue weighted by Crippen LogP contribution is -2.26. The molecule has 2 aromatic rings. The van der Waals surface area contributed by atoms with Gasteiger partial charge in [-0.2, -0.15) is 0 Å². The number of sulfonamides is 1. The van der Waals surface area contributed by atoms with Gasteiger partial charge in [-0.1, -0.05) is 0 Å². The molecule has 114 valence electrons. The zero-order chi connectivity index (χ0) is 15.3. The van der Waals surface area contributed by atoms with Crippen molar-refractivity contribution in [2.75, 3.05) is 17.2 Å². The number of rotatable bonds is 7. The fraction of sp³-hybridized carbons (Fsp3) is 0.308. The molecule has 8 heteroatoms. The number of aryl methyl sites for hydroxylation is 1. The minimum atomic E-state index is -3.28. The summed E-state index contributed by atoms with van der Waals surface area (Å²) in [5, 5.41) is 0.780. The van der Waals surface area contributed by atoms with Gasteiger partial charge >= 0.3 is 0 Å². The molecule has 3 N–H and O–H groups in total.